The topological polar surface area (TPSA) is 17.1 Å². The second-order valence-electron chi connectivity index (χ2n) is 1.96. The molecule has 0 saturated heterocycles. The number of hydrogen-bond acceptors (Lipinski definition) is 2. The molecule has 0 aliphatic carbocycles. The van der Waals surface area contributed by atoms with Crippen molar-refractivity contribution in [3.05, 3.63) is 42.8 Å². The smallest absolute Gasteiger partial charge is 0.219 e. The summed E-state index contributed by atoms with van der Waals surface area (Å²) in [6.07, 6.45) is 0. The maximum absolute atomic E-state index is 11.1. The Morgan fingerprint density at radius 3 is 2.55 bits per heavy atom. The zero-order chi connectivity index (χ0) is 8.10. The Bertz CT molecular complexity index is 231. The molecule has 0 saturated carbocycles. The molecule has 1 aromatic rings. The molecule has 1 rings (SSSR count). The third-order valence-corrected chi connectivity index (χ3v) is 1.89. The number of benzene rings is 1. The number of carbonyl (C=O) groups is 1. The van der Waals surface area contributed by atoms with Crippen molar-refractivity contribution in [2.24, 2.45) is 0 Å². The SMILES string of the molecule is [CH]CSC(=O)c1ccccc1. The van der Waals surface area contributed by atoms with Crippen LogP contribution in [0.4, 0.5) is 0 Å². The fourth-order valence-corrected chi connectivity index (χ4v) is 1.19. The molecule has 0 aliphatic rings. The first-order valence-corrected chi connectivity index (χ1v) is 4.25. The lowest BCUT2D eigenvalue weighted by molar-refractivity contribution is 0.108. The largest absolute Gasteiger partial charge is 0.282 e. The quantitative estimate of drug-likeness (QED) is 0.667. The van der Waals surface area contributed by atoms with Crippen LogP contribution in [0.1, 0.15) is 10.4 Å². The van der Waals surface area contributed by atoms with E-state index in [4.69, 9.17) is 6.92 Å². The van der Waals surface area contributed by atoms with E-state index in [0.29, 0.717) is 11.3 Å². The molecule has 0 amide bonds. The minimum Gasteiger partial charge on any atom is -0.282 e. The molecule has 2 heteroatoms. The van der Waals surface area contributed by atoms with Gasteiger partial charge in [0.2, 0.25) is 5.12 Å². The minimum atomic E-state index is 0.0353. The molecule has 0 aromatic heterocycles. The highest BCUT2D eigenvalue weighted by molar-refractivity contribution is 8.14. The predicted octanol–water partition coefficient (Wildman–Crippen LogP) is 2.27. The molecule has 0 fully saturated rings. The van der Waals surface area contributed by atoms with E-state index in [1.165, 1.54) is 0 Å². The fraction of sp³-hybridized carbons (Fsp3) is 0.111. The van der Waals surface area contributed by atoms with Crippen LogP contribution < -0.4 is 0 Å². The van der Waals surface area contributed by atoms with E-state index in [-0.39, 0.29) is 5.12 Å². The van der Waals surface area contributed by atoms with E-state index in [1.54, 1.807) is 12.1 Å². The van der Waals surface area contributed by atoms with Crippen molar-refractivity contribution < 1.29 is 4.79 Å². The summed E-state index contributed by atoms with van der Waals surface area (Å²) in [5.41, 5.74) is 0.711. The van der Waals surface area contributed by atoms with Gasteiger partial charge in [0.05, 0.1) is 0 Å². The lowest BCUT2D eigenvalue weighted by Gasteiger charge is -1.95. The van der Waals surface area contributed by atoms with E-state index < -0.39 is 0 Å². The lowest BCUT2D eigenvalue weighted by atomic mass is 10.2. The van der Waals surface area contributed by atoms with Gasteiger partial charge < -0.3 is 0 Å². The number of rotatable bonds is 2. The molecular formula is C9H8OS. The summed E-state index contributed by atoms with van der Waals surface area (Å²) in [7, 11) is 0. The van der Waals surface area contributed by atoms with E-state index in [9.17, 15) is 4.79 Å². The van der Waals surface area contributed by atoms with Crippen molar-refractivity contribution in [1.82, 2.24) is 0 Å². The van der Waals surface area contributed by atoms with E-state index in [1.807, 2.05) is 18.2 Å². The molecular weight excluding hydrogens is 156 g/mol. The van der Waals surface area contributed by atoms with Crippen LogP contribution in [0, 0.1) is 6.92 Å². The summed E-state index contributed by atoms with van der Waals surface area (Å²) in [4.78, 5) is 11.1. The minimum absolute atomic E-state index is 0.0353. The molecule has 1 aromatic carbocycles. The van der Waals surface area contributed by atoms with Gasteiger partial charge in [-0.05, 0) is 6.92 Å². The van der Waals surface area contributed by atoms with Crippen LogP contribution in [0.25, 0.3) is 0 Å². The third-order valence-electron chi connectivity index (χ3n) is 1.22. The van der Waals surface area contributed by atoms with Gasteiger partial charge in [-0.2, -0.15) is 0 Å². The third kappa shape index (κ3) is 2.39. The molecule has 56 valence electrons. The van der Waals surface area contributed by atoms with Gasteiger partial charge in [0, 0.05) is 11.3 Å². The van der Waals surface area contributed by atoms with E-state index >= 15 is 0 Å². The van der Waals surface area contributed by atoms with Crippen molar-refractivity contribution in [2.45, 2.75) is 0 Å². The first kappa shape index (κ1) is 8.34. The van der Waals surface area contributed by atoms with Gasteiger partial charge in [0.25, 0.3) is 0 Å². The van der Waals surface area contributed by atoms with Crippen molar-refractivity contribution in [3.8, 4) is 0 Å². The van der Waals surface area contributed by atoms with Gasteiger partial charge in [0.1, 0.15) is 0 Å². The standard InChI is InChI=1S/C9H8OS/c1-2-11-9(10)8-6-4-3-5-7-8/h1,3-7H,2H2. The van der Waals surface area contributed by atoms with Gasteiger partial charge >= 0.3 is 0 Å². The zero-order valence-electron chi connectivity index (χ0n) is 5.99. The average molecular weight is 164 g/mol. The molecule has 0 heterocycles. The second-order valence-corrected chi connectivity index (χ2v) is 2.96. The zero-order valence-corrected chi connectivity index (χ0v) is 6.80. The second kappa shape index (κ2) is 4.19. The maximum atomic E-state index is 11.1. The lowest BCUT2D eigenvalue weighted by Crippen LogP contribution is -1.92. The highest BCUT2D eigenvalue weighted by Gasteiger charge is 2.01. The monoisotopic (exact) mass is 164 g/mol. The Morgan fingerprint density at radius 1 is 1.36 bits per heavy atom. The van der Waals surface area contributed by atoms with Crippen LogP contribution in [-0.2, 0) is 0 Å². The van der Waals surface area contributed by atoms with Crippen molar-refractivity contribution >= 4 is 16.9 Å². The summed E-state index contributed by atoms with van der Waals surface area (Å²) in [5, 5.41) is 0.0353. The summed E-state index contributed by atoms with van der Waals surface area (Å²) in [5.74, 6) is 0.341. The Morgan fingerprint density at radius 2 is 2.00 bits per heavy atom. The summed E-state index contributed by atoms with van der Waals surface area (Å²) in [6.45, 7) is 5.21. The maximum Gasteiger partial charge on any atom is 0.219 e. The molecule has 0 aliphatic heterocycles. The molecule has 0 atom stereocenters. The Hall–Kier alpha value is -0.760. The highest BCUT2D eigenvalue weighted by atomic mass is 32.2. The van der Waals surface area contributed by atoms with Crippen molar-refractivity contribution in [3.63, 3.8) is 0 Å². The molecule has 0 bridgehead atoms. The van der Waals surface area contributed by atoms with Crippen LogP contribution in [0.3, 0.4) is 0 Å². The molecule has 0 spiro atoms. The number of carbonyl (C=O) groups excluding carboxylic acids is 1. The van der Waals surface area contributed by atoms with Crippen molar-refractivity contribution in [2.75, 3.05) is 5.75 Å². The molecule has 11 heavy (non-hydrogen) atoms. The van der Waals surface area contributed by atoms with Gasteiger partial charge in [-0.1, -0.05) is 42.1 Å². The Balaban J connectivity index is 2.69. The van der Waals surface area contributed by atoms with Crippen LogP contribution in [0.5, 0.6) is 0 Å². The molecule has 0 unspecified atom stereocenters. The first-order valence-electron chi connectivity index (χ1n) is 3.27. The Kier molecular flexibility index (Phi) is 3.17. The van der Waals surface area contributed by atoms with Crippen LogP contribution in [-0.4, -0.2) is 10.9 Å². The summed E-state index contributed by atoms with van der Waals surface area (Å²) >= 11 is 1.12. The summed E-state index contributed by atoms with van der Waals surface area (Å²) in [6, 6.07) is 9.12. The molecule has 0 N–H and O–H groups in total. The number of hydrogen-bond donors (Lipinski definition) is 0. The van der Waals surface area contributed by atoms with Crippen LogP contribution >= 0.6 is 11.8 Å². The van der Waals surface area contributed by atoms with Gasteiger partial charge in [-0.3, -0.25) is 4.79 Å². The molecule has 1 nitrogen and oxygen atoms in total. The van der Waals surface area contributed by atoms with Gasteiger partial charge in [-0.15, -0.1) is 0 Å². The van der Waals surface area contributed by atoms with Gasteiger partial charge in [0.15, 0.2) is 0 Å². The normalized spacial score (nSPS) is 9.55. The van der Waals surface area contributed by atoms with E-state index in [0.717, 1.165) is 11.8 Å². The van der Waals surface area contributed by atoms with Crippen molar-refractivity contribution in [1.29, 1.82) is 0 Å². The molecule has 2 radical (unpaired) electrons. The Labute approximate surface area is 70.8 Å². The van der Waals surface area contributed by atoms with Gasteiger partial charge in [-0.25, -0.2) is 0 Å². The average Bonchev–Trinajstić information content (AvgIpc) is 2.07. The van der Waals surface area contributed by atoms with Crippen LogP contribution in [0.2, 0.25) is 0 Å². The van der Waals surface area contributed by atoms with E-state index in [2.05, 4.69) is 0 Å². The summed E-state index contributed by atoms with van der Waals surface area (Å²) < 4.78 is 0. The fourth-order valence-electron chi connectivity index (χ4n) is 0.733. The van der Waals surface area contributed by atoms with Crippen LogP contribution in [0.15, 0.2) is 30.3 Å². The highest BCUT2D eigenvalue weighted by Crippen LogP contribution is 2.10. The number of thioether (sulfide) groups is 1. The first-order chi connectivity index (χ1) is 5.34. The predicted molar refractivity (Wildman–Crippen MR) is 47.5 cm³/mol.